The summed E-state index contributed by atoms with van der Waals surface area (Å²) in [5.74, 6) is 1.57. The number of hydrogen-bond donors (Lipinski definition) is 2. The van der Waals surface area contributed by atoms with E-state index in [1.165, 1.54) is 12.0 Å². The van der Waals surface area contributed by atoms with Crippen LogP contribution in [0, 0.1) is 24.2 Å². The fraction of sp³-hybridized carbons (Fsp3) is 0.533. The van der Waals surface area contributed by atoms with Crippen LogP contribution in [-0.4, -0.2) is 18.9 Å². The third-order valence-electron chi connectivity index (χ3n) is 3.71. The molecule has 1 aromatic carbocycles. The Morgan fingerprint density at radius 3 is 2.44 bits per heavy atom. The van der Waals surface area contributed by atoms with Gasteiger partial charge >= 0.3 is 0 Å². The fourth-order valence-corrected chi connectivity index (χ4v) is 3.14. The van der Waals surface area contributed by atoms with Crippen LogP contribution in [0.3, 0.4) is 0 Å². The molecular formula is C15H23N3. The van der Waals surface area contributed by atoms with Crippen molar-refractivity contribution >= 4 is 11.5 Å². The van der Waals surface area contributed by atoms with E-state index in [-0.39, 0.29) is 5.84 Å². The van der Waals surface area contributed by atoms with Crippen molar-refractivity contribution in [3.05, 3.63) is 29.3 Å². The minimum atomic E-state index is 0.166. The molecule has 0 radical (unpaired) electrons. The molecule has 1 saturated heterocycles. The van der Waals surface area contributed by atoms with Gasteiger partial charge in [0, 0.05) is 18.7 Å². The standard InChI is InChI=1S/C15H23N3/c1-10-7-11(2)9-18(8-10)14-12(3)5-4-6-13(14)15(16)17/h4-6,10-11H,7-9H2,1-3H3,(H3,16,17). The fourth-order valence-electron chi connectivity index (χ4n) is 3.14. The molecule has 1 heterocycles. The first-order chi connectivity index (χ1) is 8.49. The molecule has 2 atom stereocenters. The van der Waals surface area contributed by atoms with Crippen LogP contribution in [0.25, 0.3) is 0 Å². The van der Waals surface area contributed by atoms with Gasteiger partial charge in [0.15, 0.2) is 0 Å². The lowest BCUT2D eigenvalue weighted by Gasteiger charge is -2.38. The van der Waals surface area contributed by atoms with Crippen LogP contribution < -0.4 is 10.6 Å². The second-order valence-corrected chi connectivity index (χ2v) is 5.74. The largest absolute Gasteiger partial charge is 0.384 e. The van der Waals surface area contributed by atoms with E-state index in [1.807, 2.05) is 12.1 Å². The minimum Gasteiger partial charge on any atom is -0.384 e. The summed E-state index contributed by atoms with van der Waals surface area (Å²) >= 11 is 0. The molecule has 18 heavy (non-hydrogen) atoms. The van der Waals surface area contributed by atoms with Crippen LogP contribution in [0.1, 0.15) is 31.4 Å². The Hall–Kier alpha value is -1.51. The van der Waals surface area contributed by atoms with Gasteiger partial charge in [-0.15, -0.1) is 0 Å². The van der Waals surface area contributed by atoms with Crippen molar-refractivity contribution < 1.29 is 0 Å². The molecule has 1 aliphatic rings. The summed E-state index contributed by atoms with van der Waals surface area (Å²) in [6, 6.07) is 6.03. The van der Waals surface area contributed by atoms with Gasteiger partial charge in [-0.3, -0.25) is 5.41 Å². The number of piperidine rings is 1. The number of nitrogen functional groups attached to an aromatic ring is 1. The molecule has 0 bridgehead atoms. The van der Waals surface area contributed by atoms with Gasteiger partial charge in [0.1, 0.15) is 5.84 Å². The van der Waals surface area contributed by atoms with Crippen LogP contribution in [0.15, 0.2) is 18.2 Å². The molecular weight excluding hydrogens is 222 g/mol. The molecule has 0 aromatic heterocycles. The maximum absolute atomic E-state index is 7.74. The summed E-state index contributed by atoms with van der Waals surface area (Å²) in [6.45, 7) is 8.83. The summed E-state index contributed by atoms with van der Waals surface area (Å²) in [5.41, 5.74) is 8.96. The zero-order valence-corrected chi connectivity index (χ0v) is 11.5. The Morgan fingerprint density at radius 1 is 1.28 bits per heavy atom. The first-order valence-electron chi connectivity index (χ1n) is 6.68. The molecule has 2 rings (SSSR count). The van der Waals surface area contributed by atoms with E-state index < -0.39 is 0 Å². The highest BCUT2D eigenvalue weighted by atomic mass is 15.1. The third-order valence-corrected chi connectivity index (χ3v) is 3.71. The van der Waals surface area contributed by atoms with Crippen LogP contribution in [0.4, 0.5) is 5.69 Å². The third kappa shape index (κ3) is 2.50. The molecule has 3 nitrogen and oxygen atoms in total. The number of hydrogen-bond acceptors (Lipinski definition) is 2. The van der Waals surface area contributed by atoms with E-state index >= 15 is 0 Å². The SMILES string of the molecule is Cc1cccc(C(=N)N)c1N1CC(C)CC(C)C1. The van der Waals surface area contributed by atoms with Crippen LogP contribution in [0.5, 0.6) is 0 Å². The molecule has 1 aromatic rings. The minimum absolute atomic E-state index is 0.166. The number of nitrogens with one attached hydrogen (secondary N) is 1. The number of nitrogens with two attached hydrogens (primary N) is 1. The smallest absolute Gasteiger partial charge is 0.124 e. The van der Waals surface area contributed by atoms with Crippen molar-refractivity contribution in [2.24, 2.45) is 17.6 Å². The lowest BCUT2D eigenvalue weighted by Crippen LogP contribution is -2.40. The van der Waals surface area contributed by atoms with Gasteiger partial charge in [-0.05, 0) is 36.8 Å². The number of para-hydroxylation sites is 1. The van der Waals surface area contributed by atoms with Crippen LogP contribution >= 0.6 is 0 Å². The molecule has 0 saturated carbocycles. The normalized spacial score (nSPS) is 24.1. The monoisotopic (exact) mass is 245 g/mol. The summed E-state index contributed by atoms with van der Waals surface area (Å²) in [5, 5.41) is 7.74. The quantitative estimate of drug-likeness (QED) is 0.622. The van der Waals surface area contributed by atoms with Crippen molar-refractivity contribution in [3.63, 3.8) is 0 Å². The summed E-state index contributed by atoms with van der Waals surface area (Å²) in [4.78, 5) is 2.41. The van der Waals surface area contributed by atoms with Gasteiger partial charge in [-0.1, -0.05) is 26.0 Å². The van der Waals surface area contributed by atoms with E-state index in [0.29, 0.717) is 11.8 Å². The Bertz CT molecular complexity index is 443. The molecule has 1 aliphatic heterocycles. The van der Waals surface area contributed by atoms with Crippen LogP contribution in [-0.2, 0) is 0 Å². The second-order valence-electron chi connectivity index (χ2n) is 5.74. The van der Waals surface area contributed by atoms with E-state index in [0.717, 1.165) is 24.3 Å². The molecule has 2 unspecified atom stereocenters. The predicted octanol–water partition coefficient (Wildman–Crippen LogP) is 2.76. The van der Waals surface area contributed by atoms with Crippen LogP contribution in [0.2, 0.25) is 0 Å². The summed E-state index contributed by atoms with van der Waals surface area (Å²) in [6.07, 6.45) is 1.29. The molecule has 0 amide bonds. The van der Waals surface area contributed by atoms with Crippen molar-refractivity contribution in [2.45, 2.75) is 27.2 Å². The average Bonchev–Trinajstić information content (AvgIpc) is 2.26. The molecule has 1 fully saturated rings. The van der Waals surface area contributed by atoms with Crippen molar-refractivity contribution in [2.75, 3.05) is 18.0 Å². The topological polar surface area (TPSA) is 53.1 Å². The van der Waals surface area contributed by atoms with E-state index in [9.17, 15) is 0 Å². The molecule has 0 spiro atoms. The Morgan fingerprint density at radius 2 is 1.89 bits per heavy atom. The Labute approximate surface area is 109 Å². The second kappa shape index (κ2) is 5.01. The zero-order chi connectivity index (χ0) is 13.3. The zero-order valence-electron chi connectivity index (χ0n) is 11.5. The highest BCUT2D eigenvalue weighted by Gasteiger charge is 2.24. The summed E-state index contributed by atoms with van der Waals surface area (Å²) < 4.78 is 0. The maximum atomic E-state index is 7.74. The van der Waals surface area contributed by atoms with Gasteiger partial charge < -0.3 is 10.6 Å². The predicted molar refractivity (Wildman–Crippen MR) is 77.4 cm³/mol. The molecule has 3 heteroatoms. The van der Waals surface area contributed by atoms with Gasteiger partial charge in [0.05, 0.1) is 5.69 Å². The highest BCUT2D eigenvalue weighted by molar-refractivity contribution is 6.01. The van der Waals surface area contributed by atoms with E-state index in [2.05, 4.69) is 31.7 Å². The lowest BCUT2D eigenvalue weighted by atomic mass is 9.90. The number of rotatable bonds is 2. The molecule has 0 aliphatic carbocycles. The Balaban J connectivity index is 2.40. The number of benzene rings is 1. The lowest BCUT2D eigenvalue weighted by molar-refractivity contribution is 0.356. The highest BCUT2D eigenvalue weighted by Crippen LogP contribution is 2.31. The van der Waals surface area contributed by atoms with Crippen molar-refractivity contribution in [1.82, 2.24) is 0 Å². The van der Waals surface area contributed by atoms with E-state index in [1.54, 1.807) is 0 Å². The first kappa shape index (κ1) is 12.9. The van der Waals surface area contributed by atoms with E-state index in [4.69, 9.17) is 11.1 Å². The van der Waals surface area contributed by atoms with Crippen molar-refractivity contribution in [3.8, 4) is 0 Å². The van der Waals surface area contributed by atoms with Gasteiger partial charge in [0.25, 0.3) is 0 Å². The molecule has 3 N–H and O–H groups in total. The molecule has 98 valence electrons. The van der Waals surface area contributed by atoms with Gasteiger partial charge in [-0.2, -0.15) is 0 Å². The first-order valence-corrected chi connectivity index (χ1v) is 6.68. The maximum Gasteiger partial charge on any atom is 0.124 e. The number of amidine groups is 1. The average molecular weight is 245 g/mol. The van der Waals surface area contributed by atoms with Gasteiger partial charge in [0.2, 0.25) is 0 Å². The van der Waals surface area contributed by atoms with Crippen molar-refractivity contribution in [1.29, 1.82) is 5.41 Å². The number of anilines is 1. The summed E-state index contributed by atoms with van der Waals surface area (Å²) in [7, 11) is 0. The Kier molecular flexibility index (Phi) is 3.60. The number of aryl methyl sites for hydroxylation is 1. The number of nitrogens with zero attached hydrogens (tertiary/aromatic N) is 1. The van der Waals surface area contributed by atoms with Gasteiger partial charge in [-0.25, -0.2) is 0 Å².